The van der Waals surface area contributed by atoms with Crippen LogP contribution in [0.2, 0.25) is 0 Å². The number of ether oxygens (including phenoxy) is 1. The molecule has 1 saturated heterocycles. The van der Waals surface area contributed by atoms with Crippen molar-refractivity contribution in [2.75, 3.05) is 6.61 Å². The molecule has 1 amide bonds. The van der Waals surface area contributed by atoms with Crippen molar-refractivity contribution >= 4 is 5.91 Å². The zero-order chi connectivity index (χ0) is 15.9. The number of aliphatic hydroxyl groups excluding tert-OH is 3. The number of nitrogens with zero attached hydrogens (tertiary/aromatic N) is 2. The first kappa shape index (κ1) is 15.4. The molecule has 4 atom stereocenters. The van der Waals surface area contributed by atoms with Crippen molar-refractivity contribution in [2.24, 2.45) is 12.8 Å². The van der Waals surface area contributed by atoms with E-state index >= 15 is 0 Å². The number of aromatic nitrogens is 2. The van der Waals surface area contributed by atoms with Crippen LogP contribution in [-0.4, -0.2) is 55.3 Å². The molecule has 2 heterocycles. The van der Waals surface area contributed by atoms with Crippen LogP contribution >= 0.6 is 0 Å². The molecule has 116 valence electrons. The number of carbonyl (C=O) groups excluding carboxylic acids is 1. The van der Waals surface area contributed by atoms with Crippen LogP contribution in [0.4, 0.5) is 0 Å². The number of rotatable bonds is 3. The van der Waals surface area contributed by atoms with Gasteiger partial charge < -0.3 is 25.8 Å². The minimum atomic E-state index is -1.52. The second-order valence-corrected chi connectivity index (χ2v) is 4.69. The van der Waals surface area contributed by atoms with E-state index in [1.54, 1.807) is 0 Å². The van der Waals surface area contributed by atoms with Crippen molar-refractivity contribution in [1.29, 1.82) is 0 Å². The maximum Gasteiger partial charge on any atom is 0.332 e. The zero-order valence-corrected chi connectivity index (χ0v) is 11.0. The van der Waals surface area contributed by atoms with E-state index in [9.17, 15) is 24.6 Å². The van der Waals surface area contributed by atoms with E-state index in [2.05, 4.69) is 0 Å². The lowest BCUT2D eigenvalue weighted by molar-refractivity contribution is -0.0555. The maximum absolute atomic E-state index is 12.0. The fraction of sp³-hybridized carbons (Fsp3) is 0.545. The highest BCUT2D eigenvalue weighted by Crippen LogP contribution is 2.27. The van der Waals surface area contributed by atoms with Gasteiger partial charge in [0.1, 0.15) is 23.9 Å². The van der Waals surface area contributed by atoms with Crippen LogP contribution in [0.15, 0.2) is 15.8 Å². The second kappa shape index (κ2) is 5.41. The molecule has 0 saturated carbocycles. The average Bonchev–Trinajstić information content (AvgIpc) is 2.72. The predicted molar refractivity (Wildman–Crippen MR) is 67.5 cm³/mol. The lowest BCUT2D eigenvalue weighted by Gasteiger charge is -2.18. The molecule has 1 fully saturated rings. The second-order valence-electron chi connectivity index (χ2n) is 4.69. The van der Waals surface area contributed by atoms with Crippen LogP contribution in [0.5, 0.6) is 0 Å². The summed E-state index contributed by atoms with van der Waals surface area (Å²) in [6, 6.07) is 0. The molecule has 1 aliphatic heterocycles. The molecule has 0 aliphatic carbocycles. The summed E-state index contributed by atoms with van der Waals surface area (Å²) in [4.78, 5) is 35.0. The van der Waals surface area contributed by atoms with Crippen LogP contribution in [0.1, 0.15) is 16.6 Å². The molecule has 10 heteroatoms. The Hall–Kier alpha value is -2.01. The molecule has 1 aromatic rings. The predicted octanol–water partition coefficient (Wildman–Crippen LogP) is -3.74. The summed E-state index contributed by atoms with van der Waals surface area (Å²) in [5, 5.41) is 28.6. The number of hydrogen-bond acceptors (Lipinski definition) is 7. The summed E-state index contributed by atoms with van der Waals surface area (Å²) in [5.74, 6) is -1.05. The Morgan fingerprint density at radius 1 is 1.38 bits per heavy atom. The normalized spacial score (nSPS) is 28.8. The van der Waals surface area contributed by atoms with E-state index in [-0.39, 0.29) is 0 Å². The molecule has 0 bridgehead atoms. The van der Waals surface area contributed by atoms with Gasteiger partial charge in [0.2, 0.25) is 0 Å². The third kappa shape index (κ3) is 2.38. The molecule has 10 nitrogen and oxygen atoms in total. The standard InChI is InChI=1S/C11H15N3O7/c1-13-9(19)4(8(12)18)2-14(11(13)20)10-7(17)6(16)5(3-15)21-10/h2,5-7,10,15-17H,3H2,1H3,(H2,12,18)/t5-,6-,7-,10-/m1/s1. The monoisotopic (exact) mass is 301 g/mol. The van der Waals surface area contributed by atoms with E-state index in [1.165, 1.54) is 0 Å². The van der Waals surface area contributed by atoms with Crippen molar-refractivity contribution in [3.8, 4) is 0 Å². The smallest absolute Gasteiger partial charge is 0.332 e. The van der Waals surface area contributed by atoms with Gasteiger partial charge in [0.25, 0.3) is 11.5 Å². The number of primary amides is 1. The van der Waals surface area contributed by atoms with Crippen molar-refractivity contribution in [3.05, 3.63) is 32.6 Å². The molecular formula is C11H15N3O7. The fourth-order valence-electron chi connectivity index (χ4n) is 2.15. The van der Waals surface area contributed by atoms with Crippen molar-refractivity contribution in [1.82, 2.24) is 9.13 Å². The van der Waals surface area contributed by atoms with Gasteiger partial charge in [-0.3, -0.25) is 18.7 Å². The Morgan fingerprint density at radius 3 is 2.48 bits per heavy atom. The maximum atomic E-state index is 12.0. The van der Waals surface area contributed by atoms with Crippen LogP contribution in [-0.2, 0) is 11.8 Å². The van der Waals surface area contributed by atoms with Gasteiger partial charge in [0.05, 0.1) is 6.61 Å². The van der Waals surface area contributed by atoms with E-state index in [0.29, 0.717) is 4.57 Å². The Kier molecular flexibility index (Phi) is 3.96. The molecule has 1 aliphatic rings. The zero-order valence-electron chi connectivity index (χ0n) is 11.0. The third-order valence-corrected chi connectivity index (χ3v) is 3.37. The number of aliphatic hydroxyl groups is 3. The summed E-state index contributed by atoms with van der Waals surface area (Å²) >= 11 is 0. The van der Waals surface area contributed by atoms with Gasteiger partial charge in [0.15, 0.2) is 6.23 Å². The van der Waals surface area contributed by atoms with Gasteiger partial charge in [-0.15, -0.1) is 0 Å². The van der Waals surface area contributed by atoms with Crippen molar-refractivity contribution in [2.45, 2.75) is 24.5 Å². The number of hydrogen-bond donors (Lipinski definition) is 4. The minimum absolute atomic E-state index is 0.463. The molecule has 0 unspecified atom stereocenters. The van der Waals surface area contributed by atoms with Gasteiger partial charge in [0, 0.05) is 13.2 Å². The van der Waals surface area contributed by atoms with Crippen LogP contribution in [0.3, 0.4) is 0 Å². The number of nitrogens with two attached hydrogens (primary N) is 1. The molecule has 0 aromatic carbocycles. The van der Waals surface area contributed by atoms with E-state index < -0.39 is 53.9 Å². The largest absolute Gasteiger partial charge is 0.394 e. The first-order valence-electron chi connectivity index (χ1n) is 6.04. The Labute approximate surface area is 117 Å². The van der Waals surface area contributed by atoms with E-state index in [0.717, 1.165) is 17.8 Å². The average molecular weight is 301 g/mol. The highest BCUT2D eigenvalue weighted by atomic mass is 16.6. The first-order chi connectivity index (χ1) is 9.79. The van der Waals surface area contributed by atoms with Crippen LogP contribution in [0, 0.1) is 0 Å². The summed E-state index contributed by atoms with van der Waals surface area (Å²) < 4.78 is 6.59. The van der Waals surface area contributed by atoms with Crippen molar-refractivity contribution in [3.63, 3.8) is 0 Å². The quantitative estimate of drug-likeness (QED) is 0.446. The van der Waals surface area contributed by atoms with Crippen molar-refractivity contribution < 1.29 is 24.9 Å². The van der Waals surface area contributed by atoms with Gasteiger partial charge in [-0.2, -0.15) is 0 Å². The highest BCUT2D eigenvalue weighted by molar-refractivity contribution is 5.92. The summed E-state index contributed by atoms with van der Waals surface area (Å²) in [7, 11) is 1.13. The molecule has 5 N–H and O–H groups in total. The molecule has 2 rings (SSSR count). The van der Waals surface area contributed by atoms with Gasteiger partial charge in [-0.1, -0.05) is 0 Å². The van der Waals surface area contributed by atoms with Gasteiger partial charge in [-0.05, 0) is 0 Å². The molecule has 0 spiro atoms. The van der Waals surface area contributed by atoms with Gasteiger partial charge >= 0.3 is 5.69 Å². The summed E-state index contributed by atoms with van der Waals surface area (Å²) in [5.41, 5.74) is 2.85. The van der Waals surface area contributed by atoms with E-state index in [4.69, 9.17) is 15.6 Å². The summed E-state index contributed by atoms with van der Waals surface area (Å²) in [6.07, 6.45) is -4.51. The Balaban J connectivity index is 2.58. The van der Waals surface area contributed by atoms with Crippen LogP contribution in [0.25, 0.3) is 0 Å². The summed E-state index contributed by atoms with van der Waals surface area (Å²) in [6.45, 7) is -0.572. The third-order valence-electron chi connectivity index (χ3n) is 3.37. The van der Waals surface area contributed by atoms with Crippen LogP contribution < -0.4 is 17.0 Å². The molecular weight excluding hydrogens is 286 g/mol. The van der Waals surface area contributed by atoms with E-state index in [1.807, 2.05) is 0 Å². The number of amides is 1. The highest BCUT2D eigenvalue weighted by Gasteiger charge is 2.44. The molecule has 0 radical (unpaired) electrons. The first-order valence-corrected chi connectivity index (χ1v) is 6.04. The lowest BCUT2D eigenvalue weighted by atomic mass is 10.1. The topological polar surface area (TPSA) is 157 Å². The Bertz CT molecular complexity index is 679. The number of carbonyl (C=O) groups is 1. The minimum Gasteiger partial charge on any atom is -0.394 e. The fourth-order valence-corrected chi connectivity index (χ4v) is 2.15. The SMILES string of the molecule is Cn1c(=O)c(C(N)=O)cn([C@@H]2O[C@H](CO)[C@@H](O)[C@H]2O)c1=O. The molecule has 21 heavy (non-hydrogen) atoms. The van der Waals surface area contributed by atoms with Gasteiger partial charge in [-0.25, -0.2) is 4.79 Å². The molecule has 1 aromatic heterocycles. The Morgan fingerprint density at radius 2 is 2.00 bits per heavy atom. The lowest BCUT2D eigenvalue weighted by Crippen LogP contribution is -2.45.